The molecule has 160 valence electrons. The maximum atomic E-state index is 12.2. The second kappa shape index (κ2) is 7.78. The molecule has 0 aromatic rings. The molecule has 0 unspecified atom stereocenters. The van der Waals surface area contributed by atoms with Gasteiger partial charge in [0.2, 0.25) is 6.29 Å². The van der Waals surface area contributed by atoms with E-state index in [0.717, 1.165) is 5.57 Å². The summed E-state index contributed by atoms with van der Waals surface area (Å²) in [4.78, 5) is 23.5. The van der Waals surface area contributed by atoms with Gasteiger partial charge in [0, 0.05) is 24.8 Å². The molecule has 1 saturated carbocycles. The number of Topliss-reactive ketones (excluding diaryl/α,β-unsaturated/α-hetero) is 1. The zero-order chi connectivity index (χ0) is 20.9. The molecule has 0 aromatic heterocycles. The fourth-order valence-electron chi connectivity index (χ4n) is 4.59. The zero-order valence-corrected chi connectivity index (χ0v) is 15.7. The minimum Gasteiger partial charge on any atom is -0.471 e. The predicted octanol–water partition coefficient (Wildman–Crippen LogP) is -1.63. The van der Waals surface area contributed by atoms with Crippen molar-refractivity contribution in [2.24, 2.45) is 17.8 Å². The van der Waals surface area contributed by atoms with Crippen LogP contribution >= 0.6 is 0 Å². The third kappa shape index (κ3) is 3.49. The summed E-state index contributed by atoms with van der Waals surface area (Å²) in [6.07, 6.45) is -4.57. The Balaban J connectivity index is 1.56. The highest BCUT2D eigenvalue weighted by Crippen LogP contribution is 2.52. The smallest absolute Gasteiger partial charge is 0.302 e. The Kier molecular flexibility index (Phi) is 5.49. The van der Waals surface area contributed by atoms with Crippen molar-refractivity contribution >= 4 is 11.8 Å². The summed E-state index contributed by atoms with van der Waals surface area (Å²) in [6, 6.07) is 0. The normalized spacial score (nSPS) is 43.3. The van der Waals surface area contributed by atoms with Crippen LogP contribution in [-0.2, 0) is 28.5 Å². The highest BCUT2D eigenvalue weighted by Gasteiger charge is 2.55. The van der Waals surface area contributed by atoms with Crippen LogP contribution in [-0.4, -0.2) is 82.4 Å². The minimum absolute atomic E-state index is 0.0147. The first-order valence-corrected chi connectivity index (χ1v) is 9.50. The van der Waals surface area contributed by atoms with Gasteiger partial charge in [-0.15, -0.1) is 0 Å². The van der Waals surface area contributed by atoms with E-state index in [-0.39, 0.29) is 24.2 Å². The maximum absolute atomic E-state index is 12.2. The highest BCUT2D eigenvalue weighted by molar-refractivity contribution is 5.99. The van der Waals surface area contributed by atoms with Crippen molar-refractivity contribution in [1.29, 1.82) is 0 Å². The summed E-state index contributed by atoms with van der Waals surface area (Å²) in [5, 5.41) is 39.5. The minimum atomic E-state index is -1.58. The van der Waals surface area contributed by atoms with Crippen LogP contribution in [0.2, 0.25) is 0 Å². The Bertz CT molecular complexity index is 743. The molecule has 0 spiro atoms. The van der Waals surface area contributed by atoms with E-state index in [2.05, 4.69) is 0 Å². The summed E-state index contributed by atoms with van der Waals surface area (Å²) in [5.74, 6) is -1.17. The van der Waals surface area contributed by atoms with Crippen molar-refractivity contribution < 1.29 is 49.0 Å². The van der Waals surface area contributed by atoms with E-state index in [4.69, 9.17) is 18.9 Å². The monoisotopic (exact) mass is 412 g/mol. The Morgan fingerprint density at radius 3 is 2.62 bits per heavy atom. The molecule has 4 aliphatic rings. The number of rotatable bonds is 5. The average Bonchev–Trinajstić information content (AvgIpc) is 3.20. The second-order valence-corrected chi connectivity index (χ2v) is 7.78. The summed E-state index contributed by atoms with van der Waals surface area (Å²) in [6.45, 7) is 0.734. The van der Waals surface area contributed by atoms with E-state index < -0.39 is 55.5 Å². The molecule has 9 atom stereocenters. The van der Waals surface area contributed by atoms with Crippen LogP contribution in [0.1, 0.15) is 13.3 Å². The molecule has 0 amide bonds. The largest absolute Gasteiger partial charge is 0.471 e. The number of ketones is 1. The van der Waals surface area contributed by atoms with Crippen LogP contribution in [0.5, 0.6) is 0 Å². The Labute approximate surface area is 166 Å². The lowest BCUT2D eigenvalue weighted by molar-refractivity contribution is -0.339. The van der Waals surface area contributed by atoms with Crippen molar-refractivity contribution in [2.75, 3.05) is 13.2 Å². The molecular formula is C19H24O10. The number of carbonyl (C=O) groups excluding carboxylic acids is 2. The van der Waals surface area contributed by atoms with Gasteiger partial charge in [0.25, 0.3) is 0 Å². The van der Waals surface area contributed by atoms with Crippen molar-refractivity contribution in [2.45, 2.75) is 50.3 Å². The molecule has 0 aromatic carbocycles. The van der Waals surface area contributed by atoms with Crippen molar-refractivity contribution in [3.8, 4) is 0 Å². The molecule has 2 aliphatic heterocycles. The van der Waals surface area contributed by atoms with Gasteiger partial charge in [-0.2, -0.15) is 0 Å². The summed E-state index contributed by atoms with van der Waals surface area (Å²) in [5.41, 5.74) is 1.28. The van der Waals surface area contributed by atoms with E-state index in [0.29, 0.717) is 12.0 Å². The summed E-state index contributed by atoms with van der Waals surface area (Å²) in [7, 11) is 0. The summed E-state index contributed by atoms with van der Waals surface area (Å²) >= 11 is 0. The molecule has 1 saturated heterocycles. The van der Waals surface area contributed by atoms with Crippen molar-refractivity contribution in [1.82, 2.24) is 0 Å². The SMILES string of the molecule is CC(=O)OCC1=C[C@@H]2CC(=O)C3=CO[C@@H](O[C@@H]4O[C@H](CO)[C@@H](O)[C@H](O)[C@H]4O)[C@H]1[C@@H]32. The quantitative estimate of drug-likeness (QED) is 0.306. The van der Waals surface area contributed by atoms with E-state index in [1.165, 1.54) is 13.2 Å². The number of allylic oxidation sites excluding steroid dienone is 2. The average molecular weight is 412 g/mol. The molecule has 0 radical (unpaired) electrons. The molecule has 29 heavy (non-hydrogen) atoms. The van der Waals surface area contributed by atoms with Crippen LogP contribution < -0.4 is 0 Å². The number of esters is 1. The van der Waals surface area contributed by atoms with Gasteiger partial charge in [0.1, 0.15) is 31.0 Å². The van der Waals surface area contributed by atoms with Gasteiger partial charge >= 0.3 is 5.97 Å². The highest BCUT2D eigenvalue weighted by atomic mass is 16.8. The van der Waals surface area contributed by atoms with Gasteiger partial charge in [-0.3, -0.25) is 9.59 Å². The molecule has 0 bridgehead atoms. The molecule has 2 aliphatic carbocycles. The van der Waals surface area contributed by atoms with Crippen LogP contribution in [0, 0.1) is 17.8 Å². The predicted molar refractivity (Wildman–Crippen MR) is 92.6 cm³/mol. The first-order valence-electron chi connectivity index (χ1n) is 9.50. The third-order valence-corrected chi connectivity index (χ3v) is 5.99. The molecule has 2 heterocycles. The fraction of sp³-hybridized carbons (Fsp3) is 0.684. The van der Waals surface area contributed by atoms with Crippen LogP contribution in [0.4, 0.5) is 0 Å². The standard InChI is InChI=1S/C19H24O10/c1-7(21)26-5-9-2-8-3-11(22)10-6-27-18(14(9)13(8)10)29-19-17(25)16(24)15(23)12(4-20)28-19/h2,6,8,12-20,23-25H,3-5H2,1H3/t8-,12-,13-,14-,15-,16+,17-,18+,19+/m1/s1. The van der Waals surface area contributed by atoms with E-state index in [9.17, 15) is 30.0 Å². The first-order chi connectivity index (χ1) is 13.8. The van der Waals surface area contributed by atoms with Crippen LogP contribution in [0.25, 0.3) is 0 Å². The number of carbonyl (C=O) groups is 2. The Morgan fingerprint density at radius 2 is 1.93 bits per heavy atom. The molecule has 10 nitrogen and oxygen atoms in total. The molecule has 4 N–H and O–H groups in total. The lowest BCUT2D eigenvalue weighted by Crippen LogP contribution is -2.60. The zero-order valence-electron chi connectivity index (χ0n) is 15.7. The number of ether oxygens (including phenoxy) is 4. The third-order valence-electron chi connectivity index (χ3n) is 5.99. The Morgan fingerprint density at radius 1 is 1.17 bits per heavy atom. The van der Waals surface area contributed by atoms with E-state index in [1.54, 1.807) is 0 Å². The number of hydrogen-bond donors (Lipinski definition) is 4. The second-order valence-electron chi connectivity index (χ2n) is 7.78. The van der Waals surface area contributed by atoms with E-state index in [1.807, 2.05) is 6.08 Å². The van der Waals surface area contributed by atoms with Crippen molar-refractivity contribution in [3.05, 3.63) is 23.5 Å². The van der Waals surface area contributed by atoms with Crippen LogP contribution in [0.3, 0.4) is 0 Å². The van der Waals surface area contributed by atoms with Crippen molar-refractivity contribution in [3.63, 3.8) is 0 Å². The van der Waals surface area contributed by atoms with Crippen LogP contribution in [0.15, 0.2) is 23.5 Å². The van der Waals surface area contributed by atoms with Gasteiger partial charge < -0.3 is 39.4 Å². The molecule has 10 heteroatoms. The van der Waals surface area contributed by atoms with Gasteiger partial charge in [-0.05, 0) is 11.5 Å². The topological polar surface area (TPSA) is 152 Å². The molecule has 4 rings (SSSR count). The Hall–Kier alpha value is -1.82. The maximum Gasteiger partial charge on any atom is 0.302 e. The number of aliphatic hydroxyl groups is 4. The van der Waals surface area contributed by atoms with Gasteiger partial charge in [-0.25, -0.2) is 0 Å². The fourth-order valence-corrected chi connectivity index (χ4v) is 4.59. The van der Waals surface area contributed by atoms with E-state index >= 15 is 0 Å². The molecular weight excluding hydrogens is 388 g/mol. The number of hydrogen-bond acceptors (Lipinski definition) is 10. The van der Waals surface area contributed by atoms with Gasteiger partial charge in [-0.1, -0.05) is 6.08 Å². The van der Waals surface area contributed by atoms with Gasteiger partial charge in [0.15, 0.2) is 12.1 Å². The first kappa shape index (κ1) is 20.5. The lowest BCUT2D eigenvalue weighted by atomic mass is 9.83. The van der Waals surface area contributed by atoms with Gasteiger partial charge in [0.05, 0.1) is 18.8 Å². The number of aliphatic hydroxyl groups excluding tert-OH is 4. The lowest BCUT2D eigenvalue weighted by Gasteiger charge is -2.42. The molecule has 2 fully saturated rings. The summed E-state index contributed by atoms with van der Waals surface area (Å²) < 4.78 is 21.9.